The molecule has 1 aromatic heterocycles. The van der Waals surface area contributed by atoms with Gasteiger partial charge in [0.2, 0.25) is 5.75 Å². The quantitative estimate of drug-likeness (QED) is 0.404. The summed E-state index contributed by atoms with van der Waals surface area (Å²) < 4.78 is 58.0. The number of ether oxygens (including phenoxy) is 1. The predicted molar refractivity (Wildman–Crippen MR) is 79.5 cm³/mol. The number of aromatic nitrogens is 2. The fourth-order valence-electron chi connectivity index (χ4n) is 2.15. The number of alkyl halides is 3. The highest BCUT2D eigenvalue weighted by Crippen LogP contribution is 2.47. The molecule has 0 radical (unpaired) electrons. The summed E-state index contributed by atoms with van der Waals surface area (Å²) in [6.45, 7) is 0. The number of benzene rings is 1. The largest absolute Gasteiger partial charge is 0.489 e. The second-order valence-corrected chi connectivity index (χ2v) is 5.69. The Labute approximate surface area is 145 Å². The van der Waals surface area contributed by atoms with E-state index in [1.165, 1.54) is 0 Å². The average molecular weight is 433 g/mol. The van der Waals surface area contributed by atoms with Crippen LogP contribution in [0.15, 0.2) is 10.5 Å². The Kier molecular flexibility index (Phi) is 4.77. The van der Waals surface area contributed by atoms with Crippen molar-refractivity contribution in [3.8, 4) is 17.0 Å². The van der Waals surface area contributed by atoms with Crippen LogP contribution in [0, 0.1) is 15.9 Å². The molecule has 0 atom stereocenters. The molecule has 6 nitrogen and oxygen atoms in total. The highest BCUT2D eigenvalue weighted by Gasteiger charge is 2.41. The predicted octanol–water partition coefficient (Wildman–Crippen LogP) is 4.58. The van der Waals surface area contributed by atoms with E-state index < -0.39 is 54.8 Å². The minimum Gasteiger partial charge on any atom is -0.489 e. The van der Waals surface area contributed by atoms with Crippen LogP contribution in [0.1, 0.15) is 5.69 Å². The second kappa shape index (κ2) is 6.20. The zero-order valence-electron chi connectivity index (χ0n) is 11.9. The van der Waals surface area contributed by atoms with E-state index in [2.05, 4.69) is 21.0 Å². The van der Waals surface area contributed by atoms with Crippen molar-refractivity contribution in [2.75, 3.05) is 7.11 Å². The molecule has 0 aliphatic heterocycles. The molecule has 0 fully saturated rings. The van der Waals surface area contributed by atoms with Crippen molar-refractivity contribution in [2.45, 2.75) is 6.18 Å². The van der Waals surface area contributed by atoms with Crippen LogP contribution in [0.25, 0.3) is 11.3 Å². The van der Waals surface area contributed by atoms with Crippen molar-refractivity contribution in [1.82, 2.24) is 9.78 Å². The number of nitrogens with zero attached hydrogens (tertiary/aromatic N) is 3. The maximum absolute atomic E-state index is 14.3. The highest BCUT2D eigenvalue weighted by atomic mass is 79.9. The number of hydrogen-bond donors (Lipinski definition) is 0. The number of hydrogen-bond acceptors (Lipinski definition) is 4. The van der Waals surface area contributed by atoms with Crippen molar-refractivity contribution in [3.05, 3.63) is 37.2 Å². The Morgan fingerprint density at radius 2 is 2.04 bits per heavy atom. The van der Waals surface area contributed by atoms with Crippen LogP contribution < -0.4 is 4.74 Å². The molecule has 2 aromatic rings. The molecule has 1 heterocycles. The number of rotatable bonds is 3. The van der Waals surface area contributed by atoms with Crippen molar-refractivity contribution in [1.29, 1.82) is 0 Å². The van der Waals surface area contributed by atoms with E-state index in [0.29, 0.717) is 10.7 Å². The molecule has 0 saturated heterocycles. The summed E-state index contributed by atoms with van der Waals surface area (Å²) >= 11 is 8.39. The molecule has 0 unspecified atom stereocenters. The number of halogens is 6. The Morgan fingerprint density at radius 3 is 2.46 bits per heavy atom. The van der Waals surface area contributed by atoms with Crippen molar-refractivity contribution in [2.24, 2.45) is 7.05 Å². The highest BCUT2D eigenvalue weighted by molar-refractivity contribution is 9.10. The van der Waals surface area contributed by atoms with Crippen LogP contribution in [0.2, 0.25) is 5.02 Å². The number of aryl methyl sites for hydroxylation is 1. The van der Waals surface area contributed by atoms with E-state index in [1.54, 1.807) is 0 Å². The first-order chi connectivity index (χ1) is 11.0. The molecular weight excluding hydrogens is 425 g/mol. The fourth-order valence-corrected chi connectivity index (χ4v) is 3.17. The molecule has 2 rings (SSSR count). The standard InChI is InChI=1S/C12H7BrClF4N3O3/c1-20-11(12(16,17)18)7(13)8(19-20)6-5(15)3-4(14)10(24-2)9(6)21(22)23/h3H,1-2H3. The smallest absolute Gasteiger partial charge is 0.434 e. The molecule has 0 N–H and O–H groups in total. The summed E-state index contributed by atoms with van der Waals surface area (Å²) in [5, 5.41) is 14.5. The summed E-state index contributed by atoms with van der Waals surface area (Å²) in [5.74, 6) is -1.69. The summed E-state index contributed by atoms with van der Waals surface area (Å²) in [4.78, 5) is 10.3. The van der Waals surface area contributed by atoms with Gasteiger partial charge >= 0.3 is 11.9 Å². The molecule has 24 heavy (non-hydrogen) atoms. The van der Waals surface area contributed by atoms with E-state index in [1.807, 2.05) is 0 Å². The Balaban J connectivity index is 2.91. The van der Waals surface area contributed by atoms with Gasteiger partial charge in [0.25, 0.3) is 0 Å². The van der Waals surface area contributed by atoms with Crippen LogP contribution in [0.5, 0.6) is 5.75 Å². The van der Waals surface area contributed by atoms with Gasteiger partial charge in [0.1, 0.15) is 17.1 Å². The minimum atomic E-state index is -4.80. The fraction of sp³-hybridized carbons (Fsp3) is 0.250. The number of nitro groups is 1. The SMILES string of the molecule is COc1c(Cl)cc(F)c(-c2nn(C)c(C(F)(F)F)c2Br)c1[N+](=O)[O-]. The molecule has 0 aliphatic carbocycles. The minimum absolute atomic E-state index is 0.395. The van der Waals surface area contributed by atoms with Gasteiger partial charge in [0.05, 0.1) is 21.5 Å². The first-order valence-electron chi connectivity index (χ1n) is 6.01. The van der Waals surface area contributed by atoms with E-state index in [-0.39, 0.29) is 0 Å². The molecule has 0 spiro atoms. The summed E-state index contributed by atoms with van der Waals surface area (Å²) in [5.41, 5.74) is -3.50. The van der Waals surface area contributed by atoms with Gasteiger partial charge in [-0.05, 0) is 22.0 Å². The zero-order chi connectivity index (χ0) is 18.4. The first kappa shape index (κ1) is 18.5. The van der Waals surface area contributed by atoms with E-state index in [0.717, 1.165) is 14.2 Å². The molecule has 0 amide bonds. The summed E-state index contributed by atoms with van der Waals surface area (Å²) in [6.07, 6.45) is -4.80. The van der Waals surface area contributed by atoms with Crippen LogP contribution in [-0.2, 0) is 13.2 Å². The zero-order valence-corrected chi connectivity index (χ0v) is 14.3. The van der Waals surface area contributed by atoms with E-state index in [9.17, 15) is 27.7 Å². The van der Waals surface area contributed by atoms with Gasteiger partial charge in [-0.15, -0.1) is 0 Å². The second-order valence-electron chi connectivity index (χ2n) is 4.49. The van der Waals surface area contributed by atoms with E-state index >= 15 is 0 Å². The summed E-state index contributed by atoms with van der Waals surface area (Å²) in [7, 11) is 2.04. The molecule has 0 saturated carbocycles. The van der Waals surface area contributed by atoms with Crippen LogP contribution in [-0.4, -0.2) is 21.8 Å². The Bertz CT molecular complexity index is 838. The van der Waals surface area contributed by atoms with Gasteiger partial charge < -0.3 is 4.74 Å². The molecular formula is C12H7BrClF4N3O3. The van der Waals surface area contributed by atoms with Gasteiger partial charge in [-0.3, -0.25) is 14.8 Å². The van der Waals surface area contributed by atoms with Gasteiger partial charge in [0.15, 0.2) is 5.69 Å². The maximum atomic E-state index is 14.3. The monoisotopic (exact) mass is 431 g/mol. The third-order valence-corrected chi connectivity index (χ3v) is 4.07. The van der Waals surface area contributed by atoms with Crippen LogP contribution in [0.4, 0.5) is 23.2 Å². The molecule has 130 valence electrons. The van der Waals surface area contributed by atoms with Gasteiger partial charge in [0, 0.05) is 7.05 Å². The van der Waals surface area contributed by atoms with Crippen molar-refractivity contribution in [3.63, 3.8) is 0 Å². The third-order valence-electron chi connectivity index (χ3n) is 3.04. The molecule has 1 aromatic carbocycles. The first-order valence-corrected chi connectivity index (χ1v) is 7.18. The third kappa shape index (κ3) is 2.93. The van der Waals surface area contributed by atoms with Gasteiger partial charge in [-0.25, -0.2) is 4.39 Å². The van der Waals surface area contributed by atoms with Crippen molar-refractivity contribution < 1.29 is 27.2 Å². The lowest BCUT2D eigenvalue weighted by Crippen LogP contribution is -2.12. The number of nitro benzene ring substituents is 1. The lowest BCUT2D eigenvalue weighted by atomic mass is 10.1. The topological polar surface area (TPSA) is 70.2 Å². The normalized spacial score (nSPS) is 11.7. The number of methoxy groups -OCH3 is 1. The Morgan fingerprint density at radius 1 is 1.46 bits per heavy atom. The van der Waals surface area contributed by atoms with Gasteiger partial charge in [-0.2, -0.15) is 18.3 Å². The summed E-state index contributed by atoms with van der Waals surface area (Å²) in [6, 6.07) is 0.705. The van der Waals surface area contributed by atoms with Crippen LogP contribution >= 0.6 is 27.5 Å². The van der Waals surface area contributed by atoms with Crippen LogP contribution in [0.3, 0.4) is 0 Å². The van der Waals surface area contributed by atoms with Gasteiger partial charge in [-0.1, -0.05) is 11.6 Å². The molecule has 0 aliphatic rings. The molecule has 0 bridgehead atoms. The average Bonchev–Trinajstić information content (AvgIpc) is 2.72. The van der Waals surface area contributed by atoms with E-state index in [4.69, 9.17) is 16.3 Å². The Hall–Kier alpha value is -1.88. The maximum Gasteiger partial charge on any atom is 0.434 e. The molecule has 12 heteroatoms. The van der Waals surface area contributed by atoms with Crippen molar-refractivity contribution >= 4 is 33.2 Å². The lowest BCUT2D eigenvalue weighted by molar-refractivity contribution is -0.385. The lowest BCUT2D eigenvalue weighted by Gasteiger charge is -2.09.